The molecule has 20 heavy (non-hydrogen) atoms. The molecule has 0 saturated carbocycles. The lowest BCUT2D eigenvalue weighted by atomic mass is 10.2. The third-order valence-corrected chi connectivity index (χ3v) is 2.94. The van der Waals surface area contributed by atoms with Crippen molar-refractivity contribution in [1.29, 1.82) is 0 Å². The number of rotatable bonds is 3. The van der Waals surface area contributed by atoms with Crippen LogP contribution in [0.25, 0.3) is 0 Å². The van der Waals surface area contributed by atoms with Crippen LogP contribution in [-0.2, 0) is 4.74 Å². The zero-order chi connectivity index (χ0) is 14.6. The molecule has 110 valence electrons. The number of hydrogen-bond acceptors (Lipinski definition) is 4. The Morgan fingerprint density at radius 1 is 1.35 bits per heavy atom. The quantitative estimate of drug-likeness (QED) is 0.795. The lowest BCUT2D eigenvalue weighted by Crippen LogP contribution is -2.27. The predicted octanol–water partition coefficient (Wildman–Crippen LogP) is 2.81. The standard InChI is InChI=1S/C15H23N3O2/c1-15(2,3)20-14(19)18-12-6-4-5-11(9-12)17-13-7-8-16-10-13/h4-6,9,13,16-17H,7-8,10H2,1-3H3,(H,18,19). The minimum atomic E-state index is -0.491. The predicted molar refractivity (Wildman–Crippen MR) is 81.2 cm³/mol. The van der Waals surface area contributed by atoms with Crippen LogP contribution in [0.1, 0.15) is 27.2 Å². The van der Waals surface area contributed by atoms with E-state index in [-0.39, 0.29) is 0 Å². The average molecular weight is 277 g/mol. The van der Waals surface area contributed by atoms with E-state index >= 15 is 0 Å². The van der Waals surface area contributed by atoms with Crippen molar-refractivity contribution < 1.29 is 9.53 Å². The van der Waals surface area contributed by atoms with Crippen molar-refractivity contribution >= 4 is 17.5 Å². The Kier molecular flexibility index (Phi) is 4.49. The second-order valence-corrected chi connectivity index (χ2v) is 6.04. The van der Waals surface area contributed by atoms with Gasteiger partial charge in [0, 0.05) is 24.0 Å². The normalized spacial score (nSPS) is 18.6. The highest BCUT2D eigenvalue weighted by Crippen LogP contribution is 2.18. The van der Waals surface area contributed by atoms with Gasteiger partial charge >= 0.3 is 6.09 Å². The third kappa shape index (κ3) is 4.74. The van der Waals surface area contributed by atoms with Crippen LogP contribution in [0.5, 0.6) is 0 Å². The van der Waals surface area contributed by atoms with Crippen LogP contribution in [0.15, 0.2) is 24.3 Å². The second-order valence-electron chi connectivity index (χ2n) is 6.04. The maximum atomic E-state index is 11.7. The SMILES string of the molecule is CC(C)(C)OC(=O)Nc1cccc(NC2CCNC2)c1. The van der Waals surface area contributed by atoms with Gasteiger partial charge in [0.15, 0.2) is 0 Å². The summed E-state index contributed by atoms with van der Waals surface area (Å²) in [5.41, 5.74) is 1.25. The van der Waals surface area contributed by atoms with Gasteiger partial charge in [-0.25, -0.2) is 4.79 Å². The molecule has 1 atom stereocenters. The molecule has 1 unspecified atom stereocenters. The summed E-state index contributed by atoms with van der Waals surface area (Å²) in [6, 6.07) is 8.13. The maximum absolute atomic E-state index is 11.7. The molecule has 0 aliphatic carbocycles. The Balaban J connectivity index is 1.93. The first-order valence-electron chi connectivity index (χ1n) is 7.00. The van der Waals surface area contributed by atoms with Crippen molar-refractivity contribution in [3.8, 4) is 0 Å². The number of anilines is 2. The first-order valence-corrected chi connectivity index (χ1v) is 7.00. The van der Waals surface area contributed by atoms with Crippen LogP contribution in [0, 0.1) is 0 Å². The molecule has 5 heteroatoms. The minimum Gasteiger partial charge on any atom is -0.444 e. The molecule has 0 spiro atoms. The summed E-state index contributed by atoms with van der Waals surface area (Å²) in [4.78, 5) is 11.7. The fourth-order valence-electron chi connectivity index (χ4n) is 2.12. The fraction of sp³-hybridized carbons (Fsp3) is 0.533. The van der Waals surface area contributed by atoms with E-state index < -0.39 is 11.7 Å². The van der Waals surface area contributed by atoms with Crippen molar-refractivity contribution in [3.05, 3.63) is 24.3 Å². The van der Waals surface area contributed by atoms with Crippen LogP contribution in [0.2, 0.25) is 0 Å². The van der Waals surface area contributed by atoms with Gasteiger partial charge in [-0.05, 0) is 51.9 Å². The van der Waals surface area contributed by atoms with Gasteiger partial charge in [-0.1, -0.05) is 6.07 Å². The molecule has 1 aromatic carbocycles. The number of nitrogens with one attached hydrogen (secondary N) is 3. The van der Waals surface area contributed by atoms with Crippen LogP contribution in [0.3, 0.4) is 0 Å². The largest absolute Gasteiger partial charge is 0.444 e. The Bertz CT molecular complexity index is 462. The van der Waals surface area contributed by atoms with Crippen molar-refractivity contribution in [2.24, 2.45) is 0 Å². The summed E-state index contributed by atoms with van der Waals surface area (Å²) in [7, 11) is 0. The minimum absolute atomic E-state index is 0.433. The summed E-state index contributed by atoms with van der Waals surface area (Å²) in [6.07, 6.45) is 0.682. The van der Waals surface area contributed by atoms with Crippen molar-refractivity contribution in [2.75, 3.05) is 23.7 Å². The molecular formula is C15H23N3O2. The molecule has 0 bridgehead atoms. The summed E-state index contributed by atoms with van der Waals surface area (Å²) >= 11 is 0. The zero-order valence-electron chi connectivity index (χ0n) is 12.3. The fourth-order valence-corrected chi connectivity index (χ4v) is 2.12. The lowest BCUT2D eigenvalue weighted by Gasteiger charge is -2.20. The van der Waals surface area contributed by atoms with Gasteiger partial charge in [0.2, 0.25) is 0 Å². The van der Waals surface area contributed by atoms with E-state index in [1.54, 1.807) is 0 Å². The van der Waals surface area contributed by atoms with Gasteiger partial charge in [-0.2, -0.15) is 0 Å². The third-order valence-electron chi connectivity index (χ3n) is 2.94. The number of carbonyl (C=O) groups is 1. The molecule has 0 aromatic heterocycles. The molecule has 5 nitrogen and oxygen atoms in total. The highest BCUT2D eigenvalue weighted by atomic mass is 16.6. The molecule has 1 aliphatic rings. The molecule has 1 aliphatic heterocycles. The van der Waals surface area contributed by atoms with Crippen molar-refractivity contribution in [1.82, 2.24) is 5.32 Å². The summed E-state index contributed by atoms with van der Waals surface area (Å²) in [6.45, 7) is 7.56. The molecule has 3 N–H and O–H groups in total. The number of benzene rings is 1. The first-order chi connectivity index (χ1) is 9.42. The molecule has 1 fully saturated rings. The second kappa shape index (κ2) is 6.13. The zero-order valence-corrected chi connectivity index (χ0v) is 12.3. The van der Waals surface area contributed by atoms with Gasteiger partial charge in [0.25, 0.3) is 0 Å². The molecule has 0 radical (unpaired) electrons. The van der Waals surface area contributed by atoms with Crippen molar-refractivity contribution in [2.45, 2.75) is 38.8 Å². The van der Waals surface area contributed by atoms with Gasteiger partial charge in [-0.15, -0.1) is 0 Å². The van der Waals surface area contributed by atoms with Crippen LogP contribution in [-0.4, -0.2) is 30.8 Å². The summed E-state index contributed by atoms with van der Waals surface area (Å²) < 4.78 is 5.23. The molecule has 2 rings (SSSR count). The average Bonchev–Trinajstić information content (AvgIpc) is 2.79. The summed E-state index contributed by atoms with van der Waals surface area (Å²) in [5.74, 6) is 0. The van der Waals surface area contributed by atoms with E-state index in [0.717, 1.165) is 30.9 Å². The Labute approximate surface area is 120 Å². The highest BCUT2D eigenvalue weighted by Gasteiger charge is 2.17. The van der Waals surface area contributed by atoms with Gasteiger partial charge < -0.3 is 15.4 Å². The highest BCUT2D eigenvalue weighted by molar-refractivity contribution is 5.85. The summed E-state index contributed by atoms with van der Waals surface area (Å²) in [5, 5.41) is 9.51. The smallest absolute Gasteiger partial charge is 0.412 e. The Hall–Kier alpha value is -1.75. The Morgan fingerprint density at radius 2 is 2.10 bits per heavy atom. The van der Waals surface area contributed by atoms with E-state index in [1.165, 1.54) is 0 Å². The van der Waals surface area contributed by atoms with Crippen LogP contribution < -0.4 is 16.0 Å². The lowest BCUT2D eigenvalue weighted by molar-refractivity contribution is 0.0636. The van der Waals surface area contributed by atoms with Crippen molar-refractivity contribution in [3.63, 3.8) is 0 Å². The van der Waals surface area contributed by atoms with Crippen LogP contribution >= 0.6 is 0 Å². The maximum Gasteiger partial charge on any atom is 0.412 e. The van der Waals surface area contributed by atoms with E-state index in [9.17, 15) is 4.79 Å². The number of hydrogen-bond donors (Lipinski definition) is 3. The van der Waals surface area contributed by atoms with Gasteiger partial charge in [0.1, 0.15) is 5.60 Å². The molecule has 1 amide bonds. The van der Waals surface area contributed by atoms with E-state index in [1.807, 2.05) is 45.0 Å². The Morgan fingerprint density at radius 3 is 2.75 bits per heavy atom. The van der Waals surface area contributed by atoms with E-state index in [2.05, 4.69) is 16.0 Å². The van der Waals surface area contributed by atoms with Gasteiger partial charge in [0.05, 0.1) is 0 Å². The number of amides is 1. The van der Waals surface area contributed by atoms with Gasteiger partial charge in [-0.3, -0.25) is 5.32 Å². The van der Waals surface area contributed by atoms with Crippen LogP contribution in [0.4, 0.5) is 16.2 Å². The number of carbonyl (C=O) groups excluding carboxylic acids is 1. The molecular weight excluding hydrogens is 254 g/mol. The first kappa shape index (κ1) is 14.7. The number of ether oxygens (including phenoxy) is 1. The van der Waals surface area contributed by atoms with E-state index in [0.29, 0.717) is 6.04 Å². The molecule has 1 heterocycles. The molecule has 1 aromatic rings. The topological polar surface area (TPSA) is 62.4 Å². The van der Waals surface area contributed by atoms with E-state index in [4.69, 9.17) is 4.74 Å². The monoisotopic (exact) mass is 277 g/mol. The molecule has 1 saturated heterocycles.